The summed E-state index contributed by atoms with van der Waals surface area (Å²) in [5.74, 6) is -1.22. The average molecular weight is 421 g/mol. The number of amides is 1. The topological polar surface area (TPSA) is 75.7 Å². The molecule has 1 amide bonds. The van der Waals surface area contributed by atoms with E-state index >= 15 is 0 Å². The van der Waals surface area contributed by atoms with Gasteiger partial charge in [0, 0.05) is 29.7 Å². The van der Waals surface area contributed by atoms with Gasteiger partial charge in [0.2, 0.25) is 10.0 Å². The standard InChI is InChI=1S/C18H26ClFN2O4S/c1-18(2,3)26-17(23)22-10-5-4-7-13(22)11-21-27(24,25)12-14-15(19)8-6-9-16(14)20/h6,8-9,13,21H,4-5,7,10-12H2,1-3H3/t13-/m0/s1. The van der Waals surface area contributed by atoms with Crippen LogP contribution in [-0.4, -0.2) is 44.1 Å². The van der Waals surface area contributed by atoms with Crippen LogP contribution in [0.4, 0.5) is 9.18 Å². The number of likely N-dealkylation sites (tertiary alicyclic amines) is 1. The molecular weight excluding hydrogens is 395 g/mol. The molecule has 1 heterocycles. The second-order valence-electron chi connectivity index (χ2n) is 7.63. The van der Waals surface area contributed by atoms with Gasteiger partial charge in [0.1, 0.15) is 11.4 Å². The fourth-order valence-electron chi connectivity index (χ4n) is 2.91. The van der Waals surface area contributed by atoms with Crippen LogP contribution in [0.5, 0.6) is 0 Å². The van der Waals surface area contributed by atoms with Crippen LogP contribution >= 0.6 is 11.6 Å². The third-order valence-electron chi connectivity index (χ3n) is 4.19. The minimum absolute atomic E-state index is 0.0493. The van der Waals surface area contributed by atoms with E-state index in [0.717, 1.165) is 12.8 Å². The van der Waals surface area contributed by atoms with Gasteiger partial charge in [-0.05, 0) is 52.2 Å². The number of hydrogen-bond acceptors (Lipinski definition) is 4. The summed E-state index contributed by atoms with van der Waals surface area (Å²) in [6.07, 6.45) is 1.95. The first kappa shape index (κ1) is 21.9. The Hall–Kier alpha value is -1.38. The van der Waals surface area contributed by atoms with Crippen molar-refractivity contribution in [3.05, 3.63) is 34.6 Å². The highest BCUT2D eigenvalue weighted by molar-refractivity contribution is 7.88. The highest BCUT2D eigenvalue weighted by atomic mass is 35.5. The average Bonchev–Trinajstić information content (AvgIpc) is 2.55. The van der Waals surface area contributed by atoms with Crippen molar-refractivity contribution < 1.29 is 22.3 Å². The Balaban J connectivity index is 2.03. The van der Waals surface area contributed by atoms with Crippen LogP contribution in [0.2, 0.25) is 5.02 Å². The number of nitrogens with one attached hydrogen (secondary N) is 1. The Kier molecular flexibility index (Phi) is 7.10. The molecule has 9 heteroatoms. The lowest BCUT2D eigenvalue weighted by molar-refractivity contribution is 0.0105. The summed E-state index contributed by atoms with van der Waals surface area (Å²) in [4.78, 5) is 14.0. The van der Waals surface area contributed by atoms with Gasteiger partial charge in [0.15, 0.2) is 0 Å². The molecule has 0 radical (unpaired) electrons. The minimum Gasteiger partial charge on any atom is -0.444 e. The smallest absolute Gasteiger partial charge is 0.410 e. The normalized spacial score (nSPS) is 18.4. The quantitative estimate of drug-likeness (QED) is 0.788. The van der Waals surface area contributed by atoms with Crippen molar-refractivity contribution in [1.29, 1.82) is 0 Å². The summed E-state index contributed by atoms with van der Waals surface area (Å²) in [6, 6.07) is 3.73. The van der Waals surface area contributed by atoms with Crippen molar-refractivity contribution in [1.82, 2.24) is 9.62 Å². The van der Waals surface area contributed by atoms with E-state index < -0.39 is 33.3 Å². The highest BCUT2D eigenvalue weighted by Gasteiger charge is 2.31. The summed E-state index contributed by atoms with van der Waals surface area (Å²) in [6.45, 7) is 5.91. The molecule has 2 rings (SSSR count). The van der Waals surface area contributed by atoms with E-state index in [9.17, 15) is 17.6 Å². The van der Waals surface area contributed by atoms with Gasteiger partial charge in [-0.15, -0.1) is 0 Å². The Labute approximate surface area is 165 Å². The number of rotatable bonds is 5. The number of sulfonamides is 1. The predicted molar refractivity (Wildman–Crippen MR) is 103 cm³/mol. The number of carbonyl (C=O) groups excluding carboxylic acids is 1. The molecule has 1 N–H and O–H groups in total. The molecule has 1 aromatic carbocycles. The van der Waals surface area contributed by atoms with Crippen LogP contribution < -0.4 is 4.72 Å². The third-order valence-corrected chi connectivity index (χ3v) is 5.82. The maximum absolute atomic E-state index is 13.9. The molecule has 152 valence electrons. The van der Waals surface area contributed by atoms with Gasteiger partial charge >= 0.3 is 6.09 Å². The van der Waals surface area contributed by atoms with E-state index in [4.69, 9.17) is 16.3 Å². The number of carbonyl (C=O) groups is 1. The van der Waals surface area contributed by atoms with Crippen molar-refractivity contribution in [3.8, 4) is 0 Å². The molecular formula is C18H26ClFN2O4S. The molecule has 1 saturated heterocycles. The Morgan fingerprint density at radius 1 is 1.37 bits per heavy atom. The zero-order valence-corrected chi connectivity index (χ0v) is 17.4. The van der Waals surface area contributed by atoms with Gasteiger partial charge < -0.3 is 9.64 Å². The molecule has 1 fully saturated rings. The summed E-state index contributed by atoms with van der Waals surface area (Å²) in [5.41, 5.74) is -0.695. The van der Waals surface area contributed by atoms with Crippen molar-refractivity contribution in [3.63, 3.8) is 0 Å². The molecule has 0 spiro atoms. The van der Waals surface area contributed by atoms with E-state index in [1.165, 1.54) is 18.2 Å². The van der Waals surface area contributed by atoms with Crippen LogP contribution in [0.25, 0.3) is 0 Å². The largest absolute Gasteiger partial charge is 0.444 e. The number of hydrogen-bond donors (Lipinski definition) is 1. The highest BCUT2D eigenvalue weighted by Crippen LogP contribution is 2.22. The van der Waals surface area contributed by atoms with Crippen molar-refractivity contribution in [2.75, 3.05) is 13.1 Å². The van der Waals surface area contributed by atoms with E-state index in [0.29, 0.717) is 13.0 Å². The SMILES string of the molecule is CC(C)(C)OC(=O)N1CCCC[C@H]1CNS(=O)(=O)Cc1c(F)cccc1Cl. The number of halogens is 2. The second kappa shape index (κ2) is 8.75. The van der Waals surface area contributed by atoms with Crippen molar-refractivity contribution in [2.45, 2.75) is 57.4 Å². The number of ether oxygens (including phenoxy) is 1. The third kappa shape index (κ3) is 6.62. The fourth-order valence-corrected chi connectivity index (χ4v) is 4.44. The van der Waals surface area contributed by atoms with Crippen LogP contribution in [-0.2, 0) is 20.5 Å². The van der Waals surface area contributed by atoms with Crippen LogP contribution in [0.15, 0.2) is 18.2 Å². The predicted octanol–water partition coefficient (Wildman–Crippen LogP) is 3.69. The van der Waals surface area contributed by atoms with Gasteiger partial charge in [-0.1, -0.05) is 17.7 Å². The van der Waals surface area contributed by atoms with E-state index in [2.05, 4.69) is 4.72 Å². The molecule has 1 atom stereocenters. The summed E-state index contributed by atoms with van der Waals surface area (Å²) in [5, 5.41) is 0.0634. The Morgan fingerprint density at radius 3 is 2.70 bits per heavy atom. The lowest BCUT2D eigenvalue weighted by Crippen LogP contribution is -2.50. The van der Waals surface area contributed by atoms with Crippen LogP contribution in [0.3, 0.4) is 0 Å². The number of piperidine rings is 1. The maximum Gasteiger partial charge on any atom is 0.410 e. The Morgan fingerprint density at radius 2 is 2.07 bits per heavy atom. The first-order chi connectivity index (χ1) is 12.5. The first-order valence-electron chi connectivity index (χ1n) is 8.88. The number of nitrogens with zero attached hydrogens (tertiary/aromatic N) is 1. The maximum atomic E-state index is 13.9. The summed E-state index contributed by atoms with van der Waals surface area (Å²) in [7, 11) is -3.82. The molecule has 0 aliphatic carbocycles. The molecule has 0 unspecified atom stereocenters. The monoisotopic (exact) mass is 420 g/mol. The van der Waals surface area contributed by atoms with Crippen molar-refractivity contribution in [2.24, 2.45) is 0 Å². The Bertz CT molecular complexity index is 760. The lowest BCUT2D eigenvalue weighted by atomic mass is 10.0. The van der Waals surface area contributed by atoms with E-state index in [-0.39, 0.29) is 23.2 Å². The van der Waals surface area contributed by atoms with Gasteiger partial charge in [-0.2, -0.15) is 0 Å². The molecule has 27 heavy (non-hydrogen) atoms. The summed E-state index contributed by atoms with van der Waals surface area (Å²) >= 11 is 5.91. The molecule has 0 aromatic heterocycles. The minimum atomic E-state index is -3.82. The molecule has 0 saturated carbocycles. The second-order valence-corrected chi connectivity index (χ2v) is 9.85. The van der Waals surface area contributed by atoms with Crippen LogP contribution in [0, 0.1) is 5.82 Å². The van der Waals surface area contributed by atoms with E-state index in [1.54, 1.807) is 25.7 Å². The molecule has 0 bridgehead atoms. The molecule has 1 aliphatic heterocycles. The first-order valence-corrected chi connectivity index (χ1v) is 10.9. The van der Waals surface area contributed by atoms with Gasteiger partial charge in [-0.3, -0.25) is 0 Å². The van der Waals surface area contributed by atoms with Gasteiger partial charge in [0.25, 0.3) is 0 Å². The molecule has 1 aliphatic rings. The zero-order chi connectivity index (χ0) is 20.2. The summed E-state index contributed by atoms with van der Waals surface area (Å²) < 4.78 is 46.5. The van der Waals surface area contributed by atoms with Crippen LogP contribution in [0.1, 0.15) is 45.6 Å². The molecule has 1 aromatic rings. The molecule has 6 nitrogen and oxygen atoms in total. The lowest BCUT2D eigenvalue weighted by Gasteiger charge is -2.36. The van der Waals surface area contributed by atoms with E-state index in [1.807, 2.05) is 0 Å². The number of benzene rings is 1. The zero-order valence-electron chi connectivity index (χ0n) is 15.8. The van der Waals surface area contributed by atoms with Crippen molar-refractivity contribution >= 4 is 27.7 Å². The fraction of sp³-hybridized carbons (Fsp3) is 0.611. The van der Waals surface area contributed by atoms with Gasteiger partial charge in [0.05, 0.1) is 5.75 Å². The van der Waals surface area contributed by atoms with Gasteiger partial charge in [-0.25, -0.2) is 22.3 Å².